The van der Waals surface area contributed by atoms with Crippen molar-refractivity contribution in [2.45, 2.75) is 64.7 Å². The summed E-state index contributed by atoms with van der Waals surface area (Å²) in [4.78, 5) is 2.48. The summed E-state index contributed by atoms with van der Waals surface area (Å²) in [7, 11) is 2.25. The number of likely N-dealkylation sites (N-methyl/N-ethyl adjacent to an activating group) is 1. The van der Waals surface area contributed by atoms with Crippen LogP contribution in [-0.2, 0) is 6.42 Å². The zero-order valence-corrected chi connectivity index (χ0v) is 13.6. The standard InChI is InChI=1S/C19H33N/c1-3-4-5-6-7-8-9-13-17-20(2)18-16-19-14-11-10-12-15-19/h10-12,14-15H,3-9,13,16-18H2,1-2H3. The first-order valence-corrected chi connectivity index (χ1v) is 8.55. The molecule has 0 atom stereocenters. The summed E-state index contributed by atoms with van der Waals surface area (Å²) >= 11 is 0. The Morgan fingerprint density at radius 2 is 1.35 bits per heavy atom. The Labute approximate surface area is 126 Å². The van der Waals surface area contributed by atoms with Crippen molar-refractivity contribution in [3.05, 3.63) is 35.9 Å². The van der Waals surface area contributed by atoms with Crippen LogP contribution in [-0.4, -0.2) is 25.0 Å². The molecule has 0 saturated heterocycles. The van der Waals surface area contributed by atoms with Gasteiger partial charge in [-0.2, -0.15) is 0 Å². The average molecular weight is 275 g/mol. The summed E-state index contributed by atoms with van der Waals surface area (Å²) in [5.74, 6) is 0. The van der Waals surface area contributed by atoms with Crippen LogP contribution in [0.25, 0.3) is 0 Å². The molecule has 0 radical (unpaired) electrons. The topological polar surface area (TPSA) is 3.24 Å². The van der Waals surface area contributed by atoms with Crippen molar-refractivity contribution in [1.82, 2.24) is 4.90 Å². The van der Waals surface area contributed by atoms with E-state index in [1.165, 1.54) is 76.4 Å². The molecular weight excluding hydrogens is 242 g/mol. The Morgan fingerprint density at radius 1 is 0.750 bits per heavy atom. The Morgan fingerprint density at radius 3 is 2.00 bits per heavy atom. The van der Waals surface area contributed by atoms with Gasteiger partial charge in [0.25, 0.3) is 0 Å². The van der Waals surface area contributed by atoms with E-state index in [1.54, 1.807) is 0 Å². The summed E-state index contributed by atoms with van der Waals surface area (Å²) in [6.45, 7) is 4.72. The first-order valence-electron chi connectivity index (χ1n) is 8.55. The average Bonchev–Trinajstić information content (AvgIpc) is 2.49. The fourth-order valence-corrected chi connectivity index (χ4v) is 2.59. The molecule has 1 nitrogen and oxygen atoms in total. The van der Waals surface area contributed by atoms with Crippen LogP contribution in [0.4, 0.5) is 0 Å². The lowest BCUT2D eigenvalue weighted by atomic mass is 10.1. The van der Waals surface area contributed by atoms with E-state index in [2.05, 4.69) is 49.2 Å². The van der Waals surface area contributed by atoms with Gasteiger partial charge < -0.3 is 4.90 Å². The second-order valence-electron chi connectivity index (χ2n) is 6.01. The van der Waals surface area contributed by atoms with Crippen molar-refractivity contribution in [2.75, 3.05) is 20.1 Å². The number of hydrogen-bond acceptors (Lipinski definition) is 1. The lowest BCUT2D eigenvalue weighted by molar-refractivity contribution is 0.327. The molecule has 0 N–H and O–H groups in total. The highest BCUT2D eigenvalue weighted by Gasteiger charge is 1.99. The predicted molar refractivity (Wildman–Crippen MR) is 90.3 cm³/mol. The maximum Gasteiger partial charge on any atom is 0.00188 e. The molecule has 0 bridgehead atoms. The van der Waals surface area contributed by atoms with Gasteiger partial charge in [-0.15, -0.1) is 0 Å². The van der Waals surface area contributed by atoms with Crippen molar-refractivity contribution in [3.8, 4) is 0 Å². The van der Waals surface area contributed by atoms with Crippen LogP contribution in [0.2, 0.25) is 0 Å². The molecule has 0 unspecified atom stereocenters. The van der Waals surface area contributed by atoms with E-state index in [-0.39, 0.29) is 0 Å². The number of nitrogens with zero attached hydrogens (tertiary/aromatic N) is 1. The van der Waals surface area contributed by atoms with Crippen molar-refractivity contribution in [2.24, 2.45) is 0 Å². The van der Waals surface area contributed by atoms with Crippen LogP contribution < -0.4 is 0 Å². The van der Waals surface area contributed by atoms with Crippen LogP contribution in [0, 0.1) is 0 Å². The number of benzene rings is 1. The lowest BCUT2D eigenvalue weighted by Crippen LogP contribution is -2.22. The Balaban J connectivity index is 1.91. The van der Waals surface area contributed by atoms with Crippen molar-refractivity contribution in [3.63, 3.8) is 0 Å². The van der Waals surface area contributed by atoms with Gasteiger partial charge in [0.15, 0.2) is 0 Å². The number of rotatable bonds is 12. The van der Waals surface area contributed by atoms with Crippen LogP contribution >= 0.6 is 0 Å². The number of hydrogen-bond donors (Lipinski definition) is 0. The van der Waals surface area contributed by atoms with E-state index in [9.17, 15) is 0 Å². The van der Waals surface area contributed by atoms with E-state index in [0.29, 0.717) is 0 Å². The van der Waals surface area contributed by atoms with Gasteiger partial charge in [0.1, 0.15) is 0 Å². The summed E-state index contributed by atoms with van der Waals surface area (Å²) in [6.07, 6.45) is 12.5. The lowest BCUT2D eigenvalue weighted by Gasteiger charge is -2.16. The highest BCUT2D eigenvalue weighted by Crippen LogP contribution is 2.09. The smallest absolute Gasteiger partial charge is 0.00188 e. The molecule has 0 aromatic heterocycles. The predicted octanol–water partition coefficient (Wildman–Crippen LogP) is 5.30. The van der Waals surface area contributed by atoms with Gasteiger partial charge >= 0.3 is 0 Å². The van der Waals surface area contributed by atoms with Crippen LogP contribution in [0.5, 0.6) is 0 Å². The molecule has 0 saturated carbocycles. The highest BCUT2D eigenvalue weighted by atomic mass is 15.1. The zero-order chi connectivity index (χ0) is 14.5. The molecule has 0 fully saturated rings. The van der Waals surface area contributed by atoms with E-state index in [1.807, 2.05) is 0 Å². The summed E-state index contributed by atoms with van der Waals surface area (Å²) < 4.78 is 0. The quantitative estimate of drug-likeness (QED) is 0.468. The maximum atomic E-state index is 2.48. The summed E-state index contributed by atoms with van der Waals surface area (Å²) in [6, 6.07) is 10.8. The van der Waals surface area contributed by atoms with Crippen LogP contribution in [0.1, 0.15) is 63.9 Å². The van der Waals surface area contributed by atoms with Crippen molar-refractivity contribution < 1.29 is 0 Å². The molecule has 1 aromatic rings. The second-order valence-corrected chi connectivity index (χ2v) is 6.01. The molecule has 20 heavy (non-hydrogen) atoms. The summed E-state index contributed by atoms with van der Waals surface area (Å²) in [5.41, 5.74) is 1.45. The van der Waals surface area contributed by atoms with Crippen LogP contribution in [0.15, 0.2) is 30.3 Å². The minimum absolute atomic E-state index is 1.17. The third-order valence-corrected chi connectivity index (χ3v) is 4.02. The van der Waals surface area contributed by atoms with E-state index < -0.39 is 0 Å². The first kappa shape index (κ1) is 17.2. The van der Waals surface area contributed by atoms with Gasteiger partial charge in [0.05, 0.1) is 0 Å². The van der Waals surface area contributed by atoms with Crippen molar-refractivity contribution >= 4 is 0 Å². The largest absolute Gasteiger partial charge is 0.306 e. The Hall–Kier alpha value is -0.820. The maximum absolute atomic E-state index is 2.48. The fourth-order valence-electron chi connectivity index (χ4n) is 2.59. The normalized spacial score (nSPS) is 11.2. The Kier molecular flexibility index (Phi) is 10.3. The zero-order valence-electron chi connectivity index (χ0n) is 13.6. The molecule has 1 heteroatoms. The van der Waals surface area contributed by atoms with Gasteiger partial charge in [-0.1, -0.05) is 82.2 Å². The molecule has 1 rings (SSSR count). The Bertz CT molecular complexity index is 307. The van der Waals surface area contributed by atoms with Gasteiger partial charge in [-0.3, -0.25) is 0 Å². The van der Waals surface area contributed by atoms with E-state index >= 15 is 0 Å². The molecule has 0 amide bonds. The minimum Gasteiger partial charge on any atom is -0.306 e. The SMILES string of the molecule is CCCCCCCCCCN(C)CCc1ccccc1. The van der Waals surface area contributed by atoms with Gasteiger partial charge in [0.2, 0.25) is 0 Å². The monoisotopic (exact) mass is 275 g/mol. The highest BCUT2D eigenvalue weighted by molar-refractivity contribution is 5.14. The van der Waals surface area contributed by atoms with Gasteiger partial charge in [-0.25, -0.2) is 0 Å². The molecular formula is C19H33N. The minimum atomic E-state index is 1.17. The molecule has 0 spiro atoms. The third-order valence-electron chi connectivity index (χ3n) is 4.02. The van der Waals surface area contributed by atoms with Gasteiger partial charge in [0, 0.05) is 6.54 Å². The molecule has 0 aliphatic heterocycles. The van der Waals surface area contributed by atoms with Gasteiger partial charge in [-0.05, 0) is 32.0 Å². The van der Waals surface area contributed by atoms with E-state index in [4.69, 9.17) is 0 Å². The third kappa shape index (κ3) is 9.14. The number of unbranched alkanes of at least 4 members (excludes halogenated alkanes) is 7. The van der Waals surface area contributed by atoms with E-state index in [0.717, 1.165) is 0 Å². The first-order chi connectivity index (χ1) is 9.83. The molecule has 1 aromatic carbocycles. The second kappa shape index (κ2) is 12.0. The fraction of sp³-hybridized carbons (Fsp3) is 0.684. The molecule has 0 heterocycles. The van der Waals surface area contributed by atoms with Crippen LogP contribution in [0.3, 0.4) is 0 Å². The molecule has 0 aliphatic carbocycles. The summed E-state index contributed by atoms with van der Waals surface area (Å²) in [5, 5.41) is 0. The molecule has 114 valence electrons. The molecule has 0 aliphatic rings. The van der Waals surface area contributed by atoms with Crippen molar-refractivity contribution in [1.29, 1.82) is 0 Å².